The molecule has 0 amide bonds. The molecule has 0 unspecified atom stereocenters. The molecule has 0 radical (unpaired) electrons. The summed E-state index contributed by atoms with van der Waals surface area (Å²) in [4.78, 5) is 21.9. The summed E-state index contributed by atoms with van der Waals surface area (Å²) in [6.45, 7) is -1.28. The summed E-state index contributed by atoms with van der Waals surface area (Å²) in [6.07, 6.45) is 1.27. The summed E-state index contributed by atoms with van der Waals surface area (Å²) in [7, 11) is 1.70. The minimum atomic E-state index is -4.51. The Labute approximate surface area is 188 Å². The minimum Gasteiger partial charge on any atom is -0.483 e. The summed E-state index contributed by atoms with van der Waals surface area (Å²) >= 11 is 0. The van der Waals surface area contributed by atoms with Crippen molar-refractivity contribution in [1.82, 2.24) is 9.88 Å². The van der Waals surface area contributed by atoms with Crippen molar-refractivity contribution in [2.75, 3.05) is 20.2 Å². The van der Waals surface area contributed by atoms with E-state index in [4.69, 9.17) is 10.5 Å². The maximum absolute atomic E-state index is 13.8. The molecule has 2 N–H and O–H groups in total. The SMILES string of the molecule is CN(Cc1c(C=O)ccnc1-c1ccccc1OCC(F)(F)F)C(C=NCC1(F)CC1)=CN. The van der Waals surface area contributed by atoms with Gasteiger partial charge in [0.05, 0.1) is 17.9 Å². The van der Waals surface area contributed by atoms with Crippen LogP contribution in [0.3, 0.4) is 0 Å². The van der Waals surface area contributed by atoms with Crippen molar-refractivity contribution in [3.63, 3.8) is 0 Å². The predicted molar refractivity (Wildman–Crippen MR) is 117 cm³/mol. The molecule has 1 aromatic carbocycles. The number of alkyl halides is 4. The van der Waals surface area contributed by atoms with Crippen LogP contribution in [0.2, 0.25) is 0 Å². The summed E-state index contributed by atoms with van der Waals surface area (Å²) < 4.78 is 56.9. The number of benzene rings is 1. The van der Waals surface area contributed by atoms with Gasteiger partial charge in [-0.3, -0.25) is 14.8 Å². The monoisotopic (exact) mass is 464 g/mol. The standard InChI is InChI=1S/C23H24F4N4O2/c1-31(17(10-28)11-29-14-22(24)7-8-22)12-19-16(13-32)6-9-30-21(19)18-4-2-3-5-20(18)33-15-23(25,26)27/h2-6,9-11,13H,7-8,12,14-15,28H2,1H3. The molecule has 0 bridgehead atoms. The van der Waals surface area contributed by atoms with Crippen molar-refractivity contribution in [1.29, 1.82) is 0 Å². The maximum Gasteiger partial charge on any atom is 0.422 e. The zero-order valence-corrected chi connectivity index (χ0v) is 18.0. The second-order valence-electron chi connectivity index (χ2n) is 7.81. The lowest BCUT2D eigenvalue weighted by molar-refractivity contribution is -0.153. The molecule has 2 aromatic rings. The molecule has 1 heterocycles. The molecule has 6 nitrogen and oxygen atoms in total. The van der Waals surface area contributed by atoms with Crippen molar-refractivity contribution in [3.8, 4) is 17.0 Å². The van der Waals surface area contributed by atoms with E-state index in [1.165, 1.54) is 30.7 Å². The molecule has 0 atom stereocenters. The molecule has 33 heavy (non-hydrogen) atoms. The molecule has 1 aromatic heterocycles. The van der Waals surface area contributed by atoms with Crippen LogP contribution < -0.4 is 10.5 Å². The predicted octanol–water partition coefficient (Wildman–Crippen LogP) is 4.31. The van der Waals surface area contributed by atoms with Gasteiger partial charge in [-0.05, 0) is 31.0 Å². The molecule has 0 aliphatic heterocycles. The fourth-order valence-corrected chi connectivity index (χ4v) is 3.16. The average Bonchev–Trinajstić information content (AvgIpc) is 3.52. The van der Waals surface area contributed by atoms with Crippen LogP contribution in [-0.2, 0) is 6.54 Å². The topological polar surface area (TPSA) is 80.8 Å². The summed E-state index contributed by atoms with van der Waals surface area (Å²) in [6, 6.07) is 7.68. The number of ether oxygens (including phenoxy) is 1. The smallest absolute Gasteiger partial charge is 0.422 e. The molecule has 3 rings (SSSR count). The lowest BCUT2D eigenvalue weighted by Crippen LogP contribution is -2.22. The Bertz CT molecular complexity index is 1050. The van der Waals surface area contributed by atoms with Crippen molar-refractivity contribution < 1.29 is 27.1 Å². The van der Waals surface area contributed by atoms with Crippen LogP contribution in [0.15, 0.2) is 53.4 Å². The third kappa shape index (κ3) is 6.53. The second kappa shape index (κ2) is 10.0. The molecular weight excluding hydrogens is 440 g/mol. The largest absolute Gasteiger partial charge is 0.483 e. The number of allylic oxidation sites excluding steroid dienone is 1. The third-order valence-electron chi connectivity index (χ3n) is 5.15. The quantitative estimate of drug-likeness (QED) is 0.322. The molecule has 0 spiro atoms. The summed E-state index contributed by atoms with van der Waals surface area (Å²) in [5.41, 5.74) is 6.35. The molecule has 1 aliphatic rings. The molecular formula is C23H24F4N4O2. The van der Waals surface area contributed by atoms with Gasteiger partial charge in [0.25, 0.3) is 0 Å². The number of aldehydes is 1. The Kier molecular flexibility index (Phi) is 7.35. The number of carbonyl (C=O) groups is 1. The van der Waals surface area contributed by atoms with Crippen LogP contribution in [-0.4, -0.2) is 54.4 Å². The molecule has 0 saturated heterocycles. The van der Waals surface area contributed by atoms with E-state index < -0.39 is 18.5 Å². The first-order valence-electron chi connectivity index (χ1n) is 10.2. The van der Waals surface area contributed by atoms with Gasteiger partial charge in [0, 0.05) is 48.9 Å². The van der Waals surface area contributed by atoms with E-state index in [0.29, 0.717) is 47.2 Å². The average molecular weight is 464 g/mol. The number of halogens is 4. The van der Waals surface area contributed by atoms with Crippen molar-refractivity contribution in [3.05, 3.63) is 59.6 Å². The first-order chi connectivity index (χ1) is 15.7. The van der Waals surface area contributed by atoms with Gasteiger partial charge in [0.15, 0.2) is 12.9 Å². The van der Waals surface area contributed by atoms with Gasteiger partial charge in [0.1, 0.15) is 11.4 Å². The number of aliphatic imine (C=N–C) groups is 1. The van der Waals surface area contributed by atoms with E-state index in [1.54, 1.807) is 30.1 Å². The van der Waals surface area contributed by atoms with E-state index in [0.717, 1.165) is 0 Å². The fraction of sp³-hybridized carbons (Fsp3) is 0.348. The van der Waals surface area contributed by atoms with Crippen LogP contribution >= 0.6 is 0 Å². The van der Waals surface area contributed by atoms with Gasteiger partial charge in [-0.1, -0.05) is 12.1 Å². The highest BCUT2D eigenvalue weighted by Gasteiger charge is 2.42. The highest BCUT2D eigenvalue weighted by atomic mass is 19.4. The number of pyridine rings is 1. The molecule has 1 saturated carbocycles. The Morgan fingerprint density at radius 2 is 2.03 bits per heavy atom. The third-order valence-corrected chi connectivity index (χ3v) is 5.15. The lowest BCUT2D eigenvalue weighted by Gasteiger charge is -2.23. The van der Waals surface area contributed by atoms with E-state index in [1.807, 2.05) is 0 Å². The number of rotatable bonds is 10. The van der Waals surface area contributed by atoms with Crippen LogP contribution in [0.4, 0.5) is 17.6 Å². The summed E-state index contributed by atoms with van der Waals surface area (Å²) in [5.74, 6) is -0.0110. The first kappa shape index (κ1) is 24.2. The van der Waals surface area contributed by atoms with Crippen LogP contribution in [0.1, 0.15) is 28.8 Å². The summed E-state index contributed by atoms with van der Waals surface area (Å²) in [5, 5.41) is 0. The van der Waals surface area contributed by atoms with E-state index >= 15 is 0 Å². The van der Waals surface area contributed by atoms with Gasteiger partial charge < -0.3 is 15.4 Å². The molecule has 1 aliphatic carbocycles. The van der Waals surface area contributed by atoms with Crippen LogP contribution in [0.25, 0.3) is 11.3 Å². The van der Waals surface area contributed by atoms with Crippen molar-refractivity contribution >= 4 is 12.5 Å². The highest BCUT2D eigenvalue weighted by Crippen LogP contribution is 2.39. The Morgan fingerprint density at radius 1 is 1.30 bits per heavy atom. The molecule has 1 fully saturated rings. The van der Waals surface area contributed by atoms with E-state index in [-0.39, 0.29) is 18.8 Å². The highest BCUT2D eigenvalue weighted by molar-refractivity contribution is 5.83. The Hall–Kier alpha value is -3.43. The number of nitrogens with zero attached hydrogens (tertiary/aromatic N) is 3. The Morgan fingerprint density at radius 3 is 2.67 bits per heavy atom. The number of hydrogen-bond acceptors (Lipinski definition) is 6. The molecule has 176 valence electrons. The number of aromatic nitrogens is 1. The van der Waals surface area contributed by atoms with Crippen molar-refractivity contribution in [2.45, 2.75) is 31.2 Å². The fourth-order valence-electron chi connectivity index (χ4n) is 3.16. The number of para-hydroxylation sites is 1. The van der Waals surface area contributed by atoms with Crippen LogP contribution in [0, 0.1) is 0 Å². The zero-order valence-electron chi connectivity index (χ0n) is 18.0. The van der Waals surface area contributed by atoms with Gasteiger partial charge in [-0.25, -0.2) is 4.39 Å². The normalized spacial score (nSPS) is 15.5. The number of hydrogen-bond donors (Lipinski definition) is 1. The molecule has 10 heteroatoms. The van der Waals surface area contributed by atoms with Gasteiger partial charge in [0.2, 0.25) is 0 Å². The Balaban J connectivity index is 1.90. The van der Waals surface area contributed by atoms with Gasteiger partial charge in [-0.15, -0.1) is 0 Å². The zero-order chi connectivity index (χ0) is 24.1. The number of carbonyl (C=O) groups excluding carboxylic acids is 1. The van der Waals surface area contributed by atoms with Crippen LogP contribution in [0.5, 0.6) is 5.75 Å². The minimum absolute atomic E-state index is 0.0110. The van der Waals surface area contributed by atoms with Gasteiger partial charge >= 0.3 is 6.18 Å². The van der Waals surface area contributed by atoms with Gasteiger partial charge in [-0.2, -0.15) is 13.2 Å². The number of nitrogens with two attached hydrogens (primary N) is 1. The first-order valence-corrected chi connectivity index (χ1v) is 10.2. The van der Waals surface area contributed by atoms with E-state index in [9.17, 15) is 22.4 Å². The maximum atomic E-state index is 13.8. The lowest BCUT2D eigenvalue weighted by atomic mass is 10.00. The van der Waals surface area contributed by atoms with E-state index in [2.05, 4.69) is 9.98 Å². The van der Waals surface area contributed by atoms with Crippen molar-refractivity contribution in [2.24, 2.45) is 10.7 Å². The second-order valence-corrected chi connectivity index (χ2v) is 7.81.